The summed E-state index contributed by atoms with van der Waals surface area (Å²) in [6.45, 7) is 7.81. The molecular formula is C30H36ClN3O4S. The Morgan fingerprint density at radius 3 is 2.10 bits per heavy atom. The Morgan fingerprint density at radius 1 is 0.923 bits per heavy atom. The summed E-state index contributed by atoms with van der Waals surface area (Å²) in [6.07, 6.45) is 0.360. The Kier molecular flexibility index (Phi) is 10.5. The van der Waals surface area contributed by atoms with Crippen LogP contribution in [0.2, 0.25) is 5.02 Å². The van der Waals surface area contributed by atoms with E-state index in [2.05, 4.69) is 5.32 Å². The van der Waals surface area contributed by atoms with Gasteiger partial charge in [-0.15, -0.1) is 0 Å². The van der Waals surface area contributed by atoms with Crippen molar-refractivity contribution in [2.24, 2.45) is 5.92 Å². The number of amides is 2. The van der Waals surface area contributed by atoms with Crippen molar-refractivity contribution >= 4 is 39.1 Å². The molecule has 0 bridgehead atoms. The number of benzene rings is 3. The summed E-state index contributed by atoms with van der Waals surface area (Å²) in [6, 6.07) is 21.3. The molecule has 0 aliphatic carbocycles. The molecule has 3 aromatic carbocycles. The molecule has 3 rings (SSSR count). The van der Waals surface area contributed by atoms with Crippen LogP contribution in [0.4, 0.5) is 5.69 Å². The van der Waals surface area contributed by atoms with Crippen molar-refractivity contribution in [2.75, 3.05) is 17.4 Å². The largest absolute Gasteiger partial charge is 0.354 e. The third kappa shape index (κ3) is 8.07. The average Bonchev–Trinajstić information content (AvgIpc) is 2.92. The Balaban J connectivity index is 2.01. The number of anilines is 1. The summed E-state index contributed by atoms with van der Waals surface area (Å²) >= 11 is 6.06. The second kappa shape index (κ2) is 13.6. The lowest BCUT2D eigenvalue weighted by Crippen LogP contribution is -2.52. The first kappa shape index (κ1) is 30.2. The maximum atomic E-state index is 14.0. The molecule has 39 heavy (non-hydrogen) atoms. The number of para-hydroxylation sites is 1. The Hall–Kier alpha value is -3.36. The van der Waals surface area contributed by atoms with E-state index in [0.717, 1.165) is 15.4 Å². The molecule has 0 fully saturated rings. The Morgan fingerprint density at radius 2 is 1.54 bits per heavy atom. The summed E-state index contributed by atoms with van der Waals surface area (Å²) in [5, 5.41) is 3.48. The standard InChI is InChI=1S/C30H36ClN3O4S/c1-5-28(30(36)32-19-22(2)3)33(20-24-13-15-25(31)16-14-24)29(35)21-34(26-9-7-6-8-10-26)39(37,38)27-17-11-23(4)12-18-27/h6-18,22,28H,5,19-21H2,1-4H3,(H,32,36)/t28-/m0/s1. The zero-order chi connectivity index (χ0) is 28.6. The quantitative estimate of drug-likeness (QED) is 0.315. The lowest BCUT2D eigenvalue weighted by Gasteiger charge is -2.33. The smallest absolute Gasteiger partial charge is 0.264 e. The van der Waals surface area contributed by atoms with Gasteiger partial charge in [0.2, 0.25) is 11.8 Å². The van der Waals surface area contributed by atoms with E-state index in [4.69, 9.17) is 11.6 Å². The van der Waals surface area contributed by atoms with E-state index in [1.165, 1.54) is 17.0 Å². The molecule has 7 nitrogen and oxygen atoms in total. The van der Waals surface area contributed by atoms with Crippen molar-refractivity contribution in [3.8, 4) is 0 Å². The fourth-order valence-corrected chi connectivity index (χ4v) is 5.63. The van der Waals surface area contributed by atoms with Gasteiger partial charge in [-0.05, 0) is 61.2 Å². The number of hydrogen-bond donors (Lipinski definition) is 1. The highest BCUT2D eigenvalue weighted by molar-refractivity contribution is 7.92. The highest BCUT2D eigenvalue weighted by Crippen LogP contribution is 2.25. The number of sulfonamides is 1. The van der Waals surface area contributed by atoms with Crippen LogP contribution in [0.5, 0.6) is 0 Å². The number of halogens is 1. The lowest BCUT2D eigenvalue weighted by atomic mass is 10.1. The molecule has 208 valence electrons. The number of aryl methyl sites for hydroxylation is 1. The van der Waals surface area contributed by atoms with E-state index in [0.29, 0.717) is 23.7 Å². The van der Waals surface area contributed by atoms with Crippen molar-refractivity contribution in [2.45, 2.75) is 51.6 Å². The summed E-state index contributed by atoms with van der Waals surface area (Å²) < 4.78 is 28.7. The average molecular weight is 570 g/mol. The summed E-state index contributed by atoms with van der Waals surface area (Å²) in [4.78, 5) is 28.7. The molecule has 0 aromatic heterocycles. The molecule has 0 heterocycles. The van der Waals surface area contributed by atoms with E-state index in [1.807, 2.05) is 27.7 Å². The fourth-order valence-electron chi connectivity index (χ4n) is 4.09. The maximum absolute atomic E-state index is 14.0. The van der Waals surface area contributed by atoms with E-state index in [9.17, 15) is 18.0 Å². The third-order valence-electron chi connectivity index (χ3n) is 6.27. The Labute approximate surface area is 236 Å². The molecule has 0 spiro atoms. The van der Waals surface area contributed by atoms with E-state index < -0.39 is 28.5 Å². The zero-order valence-corrected chi connectivity index (χ0v) is 24.4. The van der Waals surface area contributed by atoms with Crippen LogP contribution < -0.4 is 9.62 Å². The minimum absolute atomic E-state index is 0.0794. The molecule has 0 aliphatic heterocycles. The second-order valence-corrected chi connectivity index (χ2v) is 12.2. The van der Waals surface area contributed by atoms with Crippen molar-refractivity contribution in [3.63, 3.8) is 0 Å². The van der Waals surface area contributed by atoms with Gasteiger partial charge in [-0.3, -0.25) is 13.9 Å². The van der Waals surface area contributed by atoms with Crippen LogP contribution in [0.25, 0.3) is 0 Å². The van der Waals surface area contributed by atoms with Gasteiger partial charge in [0.15, 0.2) is 0 Å². The molecule has 0 aliphatic rings. The van der Waals surface area contributed by atoms with Crippen LogP contribution >= 0.6 is 11.6 Å². The van der Waals surface area contributed by atoms with Gasteiger partial charge in [0.1, 0.15) is 12.6 Å². The minimum atomic E-state index is -4.08. The van der Waals surface area contributed by atoms with Crippen molar-refractivity contribution < 1.29 is 18.0 Å². The molecule has 0 radical (unpaired) electrons. The normalized spacial score (nSPS) is 12.2. The van der Waals surface area contributed by atoms with Gasteiger partial charge in [-0.1, -0.05) is 80.4 Å². The molecule has 0 unspecified atom stereocenters. The van der Waals surface area contributed by atoms with Crippen molar-refractivity contribution in [3.05, 3.63) is 95.0 Å². The van der Waals surface area contributed by atoms with E-state index >= 15 is 0 Å². The van der Waals surface area contributed by atoms with Gasteiger partial charge in [0.05, 0.1) is 10.6 Å². The predicted molar refractivity (Wildman–Crippen MR) is 156 cm³/mol. The van der Waals surface area contributed by atoms with Crippen LogP contribution in [0.3, 0.4) is 0 Å². The fraction of sp³-hybridized carbons (Fsp3) is 0.333. The molecule has 0 saturated heterocycles. The lowest BCUT2D eigenvalue weighted by molar-refractivity contribution is -0.140. The number of rotatable bonds is 12. The summed E-state index contributed by atoms with van der Waals surface area (Å²) in [5.74, 6) is -0.530. The van der Waals surface area contributed by atoms with Crippen molar-refractivity contribution in [1.29, 1.82) is 0 Å². The van der Waals surface area contributed by atoms with Crippen LogP contribution in [0.1, 0.15) is 38.3 Å². The van der Waals surface area contributed by atoms with Gasteiger partial charge in [-0.25, -0.2) is 8.42 Å². The molecular weight excluding hydrogens is 534 g/mol. The van der Waals surface area contributed by atoms with E-state index in [1.54, 1.807) is 66.7 Å². The maximum Gasteiger partial charge on any atom is 0.264 e. The topological polar surface area (TPSA) is 86.8 Å². The SMILES string of the molecule is CC[C@@H](C(=O)NCC(C)C)N(Cc1ccc(Cl)cc1)C(=O)CN(c1ccccc1)S(=O)(=O)c1ccc(C)cc1. The Bertz CT molecular complexity index is 1350. The first-order chi connectivity index (χ1) is 18.5. The number of nitrogens with one attached hydrogen (secondary N) is 1. The summed E-state index contributed by atoms with van der Waals surface area (Å²) in [7, 11) is -4.08. The number of carbonyl (C=O) groups is 2. The van der Waals surface area contributed by atoms with Gasteiger partial charge in [-0.2, -0.15) is 0 Å². The second-order valence-electron chi connectivity index (χ2n) is 9.87. The molecule has 1 N–H and O–H groups in total. The first-order valence-corrected chi connectivity index (χ1v) is 14.8. The van der Waals surface area contributed by atoms with Gasteiger partial charge in [0, 0.05) is 18.1 Å². The van der Waals surface area contributed by atoms with Gasteiger partial charge < -0.3 is 10.2 Å². The van der Waals surface area contributed by atoms with Crippen LogP contribution in [0.15, 0.2) is 83.8 Å². The predicted octanol–water partition coefficient (Wildman–Crippen LogP) is 5.42. The number of nitrogens with zero attached hydrogens (tertiary/aromatic N) is 2. The van der Waals surface area contributed by atoms with Gasteiger partial charge in [0.25, 0.3) is 10.0 Å². The third-order valence-corrected chi connectivity index (χ3v) is 8.31. The summed E-state index contributed by atoms with van der Waals surface area (Å²) in [5.41, 5.74) is 2.05. The first-order valence-electron chi connectivity index (χ1n) is 13.0. The van der Waals surface area contributed by atoms with Crippen LogP contribution in [-0.4, -0.2) is 44.3 Å². The van der Waals surface area contributed by atoms with Gasteiger partial charge >= 0.3 is 0 Å². The molecule has 2 amide bonds. The highest BCUT2D eigenvalue weighted by atomic mass is 35.5. The highest BCUT2D eigenvalue weighted by Gasteiger charge is 2.33. The van der Waals surface area contributed by atoms with Crippen molar-refractivity contribution in [1.82, 2.24) is 10.2 Å². The molecule has 1 atom stereocenters. The van der Waals surface area contributed by atoms with E-state index in [-0.39, 0.29) is 23.3 Å². The van der Waals surface area contributed by atoms with Crippen LogP contribution in [0, 0.1) is 12.8 Å². The number of hydrogen-bond acceptors (Lipinski definition) is 4. The zero-order valence-electron chi connectivity index (χ0n) is 22.8. The molecule has 9 heteroatoms. The molecule has 3 aromatic rings. The molecule has 0 saturated carbocycles. The monoisotopic (exact) mass is 569 g/mol. The number of carbonyl (C=O) groups excluding carboxylic acids is 2. The van der Waals surface area contributed by atoms with Crippen LogP contribution in [-0.2, 0) is 26.2 Å². The minimum Gasteiger partial charge on any atom is -0.354 e.